The van der Waals surface area contributed by atoms with Crippen LogP contribution in [-0.4, -0.2) is 17.6 Å². The van der Waals surface area contributed by atoms with Gasteiger partial charge in [0, 0.05) is 0 Å². The van der Waals surface area contributed by atoms with E-state index in [0.29, 0.717) is 12.1 Å². The summed E-state index contributed by atoms with van der Waals surface area (Å²) in [6.45, 7) is -1.45. The van der Waals surface area contributed by atoms with Crippen LogP contribution in [0.3, 0.4) is 0 Å². The monoisotopic (exact) mass is 259 g/mol. The first-order valence-electron chi connectivity index (χ1n) is 4.07. The first kappa shape index (κ1) is 15.2. The number of hydrogen-bond donors (Lipinski definition) is 2. The first-order valence-corrected chi connectivity index (χ1v) is 4.07. The average Bonchev–Trinajstić information content (AvgIpc) is 2.21. The predicted molar refractivity (Wildman–Crippen MR) is 52.6 cm³/mol. The summed E-state index contributed by atoms with van der Waals surface area (Å²) in [5.74, 6) is -5.96. The molecule has 1 aromatic carbocycles. The van der Waals surface area contributed by atoms with Gasteiger partial charge in [-0.1, -0.05) is 6.07 Å². The summed E-state index contributed by atoms with van der Waals surface area (Å²) in [6.07, 6.45) is 0. The fourth-order valence-electron chi connectivity index (χ4n) is 1.05. The summed E-state index contributed by atoms with van der Waals surface area (Å²) < 4.78 is 50.9. The summed E-state index contributed by atoms with van der Waals surface area (Å²) in [7, 11) is 0. The van der Waals surface area contributed by atoms with Crippen LogP contribution in [0.5, 0.6) is 0 Å². The number of benzene rings is 1. The van der Waals surface area contributed by atoms with Crippen LogP contribution in [0, 0.1) is 11.6 Å². The van der Waals surface area contributed by atoms with E-state index >= 15 is 0 Å². The Hall–Kier alpha value is -0.850. The minimum absolute atomic E-state index is 0. The van der Waals surface area contributed by atoms with Crippen molar-refractivity contribution in [1.29, 1.82) is 0 Å². The predicted octanol–water partition coefficient (Wildman–Crippen LogP) is 2.01. The Labute approximate surface area is 95.5 Å². The second-order valence-electron chi connectivity index (χ2n) is 3.07. The van der Waals surface area contributed by atoms with Crippen LogP contribution in [0.4, 0.5) is 17.6 Å². The van der Waals surface area contributed by atoms with Gasteiger partial charge in [0.25, 0.3) is 5.92 Å². The average molecular weight is 260 g/mol. The van der Waals surface area contributed by atoms with Crippen molar-refractivity contribution >= 4 is 12.4 Å². The van der Waals surface area contributed by atoms with Gasteiger partial charge < -0.3 is 10.8 Å². The third kappa shape index (κ3) is 3.07. The number of aliphatic hydroxyl groups excluding tert-OH is 1. The Morgan fingerprint density at radius 3 is 2.25 bits per heavy atom. The smallest absolute Gasteiger partial charge is 0.289 e. The highest BCUT2D eigenvalue weighted by molar-refractivity contribution is 5.85. The third-order valence-electron chi connectivity index (χ3n) is 1.97. The van der Waals surface area contributed by atoms with E-state index in [9.17, 15) is 17.6 Å². The Morgan fingerprint density at radius 1 is 1.25 bits per heavy atom. The van der Waals surface area contributed by atoms with Gasteiger partial charge in [-0.3, -0.25) is 0 Å². The quantitative estimate of drug-likeness (QED) is 0.816. The Kier molecular flexibility index (Phi) is 5.18. The van der Waals surface area contributed by atoms with Gasteiger partial charge in [0.15, 0.2) is 11.6 Å². The highest BCUT2D eigenvalue weighted by atomic mass is 35.5. The van der Waals surface area contributed by atoms with Gasteiger partial charge in [0.2, 0.25) is 0 Å². The lowest BCUT2D eigenvalue weighted by Crippen LogP contribution is -2.36. The second-order valence-corrected chi connectivity index (χ2v) is 3.07. The molecular weight excluding hydrogens is 250 g/mol. The maximum Gasteiger partial charge on any atom is 0.289 e. The molecule has 0 saturated heterocycles. The number of rotatable bonds is 3. The molecule has 0 radical (unpaired) electrons. The van der Waals surface area contributed by atoms with Crippen LogP contribution in [0.2, 0.25) is 0 Å². The molecule has 0 aliphatic rings. The molecule has 1 atom stereocenters. The van der Waals surface area contributed by atoms with Crippen molar-refractivity contribution in [3.8, 4) is 0 Å². The molecule has 92 valence electrons. The fraction of sp³-hybridized carbons (Fsp3) is 0.333. The normalized spacial score (nSPS) is 13.1. The van der Waals surface area contributed by atoms with Gasteiger partial charge in [0.1, 0.15) is 6.61 Å². The van der Waals surface area contributed by atoms with Crippen molar-refractivity contribution in [2.75, 3.05) is 6.61 Å². The maximum absolute atomic E-state index is 12.9. The fourth-order valence-corrected chi connectivity index (χ4v) is 1.05. The third-order valence-corrected chi connectivity index (χ3v) is 1.97. The molecular formula is C9H10ClF4NO. The van der Waals surface area contributed by atoms with Crippen molar-refractivity contribution < 1.29 is 22.7 Å². The van der Waals surface area contributed by atoms with Crippen molar-refractivity contribution in [2.24, 2.45) is 5.73 Å². The molecule has 16 heavy (non-hydrogen) atoms. The van der Waals surface area contributed by atoms with E-state index in [0.717, 1.165) is 6.07 Å². The summed E-state index contributed by atoms with van der Waals surface area (Å²) in [6, 6.07) is 0.381. The summed E-state index contributed by atoms with van der Waals surface area (Å²) >= 11 is 0. The second kappa shape index (κ2) is 5.47. The van der Waals surface area contributed by atoms with Gasteiger partial charge in [-0.25, -0.2) is 17.6 Å². The minimum atomic E-state index is -3.57. The van der Waals surface area contributed by atoms with E-state index in [1.54, 1.807) is 0 Å². The zero-order chi connectivity index (χ0) is 11.6. The zero-order valence-corrected chi connectivity index (χ0v) is 8.78. The van der Waals surface area contributed by atoms with E-state index < -0.39 is 30.2 Å². The Morgan fingerprint density at radius 2 is 1.81 bits per heavy atom. The van der Waals surface area contributed by atoms with Crippen LogP contribution in [0.15, 0.2) is 18.2 Å². The van der Waals surface area contributed by atoms with Gasteiger partial charge in [-0.05, 0) is 17.7 Å². The number of aliphatic hydroxyl groups is 1. The lowest BCUT2D eigenvalue weighted by Gasteiger charge is -2.21. The van der Waals surface area contributed by atoms with Gasteiger partial charge >= 0.3 is 0 Å². The van der Waals surface area contributed by atoms with Crippen LogP contribution >= 0.6 is 12.4 Å². The molecule has 0 unspecified atom stereocenters. The highest BCUT2D eigenvalue weighted by Crippen LogP contribution is 2.29. The molecule has 0 bridgehead atoms. The molecule has 2 nitrogen and oxygen atoms in total. The number of alkyl halides is 2. The van der Waals surface area contributed by atoms with E-state index in [-0.39, 0.29) is 18.0 Å². The summed E-state index contributed by atoms with van der Waals surface area (Å²) in [5, 5.41) is 8.35. The van der Waals surface area contributed by atoms with Crippen molar-refractivity contribution in [3.05, 3.63) is 35.4 Å². The molecule has 0 aromatic heterocycles. The highest BCUT2D eigenvalue weighted by Gasteiger charge is 2.37. The van der Waals surface area contributed by atoms with Gasteiger partial charge in [-0.2, -0.15) is 0 Å². The molecule has 0 aliphatic carbocycles. The molecule has 3 N–H and O–H groups in total. The lowest BCUT2D eigenvalue weighted by molar-refractivity contribution is -0.0712. The first-order chi connectivity index (χ1) is 6.88. The molecule has 1 aromatic rings. The van der Waals surface area contributed by atoms with E-state index in [4.69, 9.17) is 10.8 Å². The summed E-state index contributed by atoms with van der Waals surface area (Å²) in [4.78, 5) is 0. The topological polar surface area (TPSA) is 46.2 Å². The van der Waals surface area contributed by atoms with E-state index in [1.165, 1.54) is 0 Å². The van der Waals surface area contributed by atoms with Crippen molar-refractivity contribution in [3.63, 3.8) is 0 Å². The number of halogens is 5. The molecule has 0 saturated carbocycles. The minimum Gasteiger partial charge on any atom is -0.390 e. The zero-order valence-electron chi connectivity index (χ0n) is 7.96. The molecule has 1 rings (SSSR count). The summed E-state index contributed by atoms with van der Waals surface area (Å²) in [5.41, 5.74) is 4.83. The van der Waals surface area contributed by atoms with Crippen LogP contribution < -0.4 is 5.73 Å². The maximum atomic E-state index is 12.9. The molecule has 0 spiro atoms. The van der Waals surface area contributed by atoms with E-state index in [1.807, 2.05) is 0 Å². The van der Waals surface area contributed by atoms with Crippen LogP contribution in [0.25, 0.3) is 0 Å². The SMILES string of the molecule is Cl.N[C@@H](c1ccc(F)c(F)c1)C(F)(F)CO. The largest absolute Gasteiger partial charge is 0.390 e. The molecule has 0 fully saturated rings. The lowest BCUT2D eigenvalue weighted by atomic mass is 10.0. The van der Waals surface area contributed by atoms with Crippen LogP contribution in [-0.2, 0) is 0 Å². The number of nitrogens with two attached hydrogens (primary N) is 1. The molecule has 0 heterocycles. The van der Waals surface area contributed by atoms with E-state index in [2.05, 4.69) is 0 Å². The van der Waals surface area contributed by atoms with Crippen LogP contribution in [0.1, 0.15) is 11.6 Å². The standard InChI is InChI=1S/C9H9F4NO.ClH/c10-6-2-1-5(3-7(6)11)8(14)9(12,13)4-15;/h1-3,8,15H,4,14H2;1H/t8-;/m0./s1. The van der Waals surface area contributed by atoms with Crippen molar-refractivity contribution in [1.82, 2.24) is 0 Å². The number of hydrogen-bond acceptors (Lipinski definition) is 2. The Bertz CT molecular complexity index is 361. The molecule has 7 heteroatoms. The molecule has 0 aliphatic heterocycles. The van der Waals surface area contributed by atoms with Gasteiger partial charge in [-0.15, -0.1) is 12.4 Å². The van der Waals surface area contributed by atoms with Crippen molar-refractivity contribution in [2.45, 2.75) is 12.0 Å². The van der Waals surface area contributed by atoms with Gasteiger partial charge in [0.05, 0.1) is 6.04 Å². The Balaban J connectivity index is 0.00000225. The molecule has 0 amide bonds.